The maximum Gasteiger partial charge on any atom is 0.228 e. The Kier molecular flexibility index (Phi) is 5.96. The number of amides is 1. The van der Waals surface area contributed by atoms with Crippen molar-refractivity contribution in [3.05, 3.63) is 71.8 Å². The molecule has 1 unspecified atom stereocenters. The largest absolute Gasteiger partial charge is 0.311 e. The van der Waals surface area contributed by atoms with Gasteiger partial charge in [-0.05, 0) is 24.0 Å². The Hall–Kier alpha value is -2.31. The molecule has 26 heavy (non-hydrogen) atoms. The van der Waals surface area contributed by atoms with Crippen LogP contribution in [0.1, 0.15) is 17.2 Å². The van der Waals surface area contributed by atoms with Gasteiger partial charge in [0.2, 0.25) is 5.91 Å². The van der Waals surface area contributed by atoms with Crippen LogP contribution < -0.4 is 4.90 Å². The summed E-state index contributed by atoms with van der Waals surface area (Å²) in [4.78, 5) is 18.4. The Bertz CT molecular complexity index is 870. The van der Waals surface area contributed by atoms with Crippen molar-refractivity contribution < 1.29 is 4.79 Å². The van der Waals surface area contributed by atoms with Crippen LogP contribution in [-0.4, -0.2) is 34.0 Å². The fourth-order valence-electron chi connectivity index (χ4n) is 2.63. The van der Waals surface area contributed by atoms with E-state index in [1.807, 2.05) is 48.7 Å². The topological polar surface area (TPSA) is 51.0 Å². The van der Waals surface area contributed by atoms with E-state index in [9.17, 15) is 4.79 Å². The van der Waals surface area contributed by atoms with Crippen LogP contribution in [0.25, 0.3) is 5.69 Å². The third-order valence-corrected chi connectivity index (χ3v) is 5.39. The van der Waals surface area contributed by atoms with Crippen molar-refractivity contribution in [1.82, 2.24) is 14.8 Å². The number of aromatic nitrogens is 3. The molecule has 1 amide bonds. The highest BCUT2D eigenvalue weighted by atomic mass is 35.5. The van der Waals surface area contributed by atoms with Gasteiger partial charge in [0, 0.05) is 24.9 Å². The summed E-state index contributed by atoms with van der Waals surface area (Å²) in [6.07, 6.45) is 7.52. The molecule has 0 radical (unpaired) electrons. The SMILES string of the molecule is CSC(CC(=O)N(C)c1cn(-c2cccnc2)nc1Cl)c1ccccc1. The molecule has 7 heteroatoms. The number of anilines is 1. The number of carbonyl (C=O) groups is 1. The first-order chi connectivity index (χ1) is 12.6. The summed E-state index contributed by atoms with van der Waals surface area (Å²) < 4.78 is 1.62. The van der Waals surface area contributed by atoms with Crippen molar-refractivity contribution in [3.63, 3.8) is 0 Å². The summed E-state index contributed by atoms with van der Waals surface area (Å²) in [6.45, 7) is 0. The standard InChI is InChI=1S/C19H19ClN4OS/c1-23(18(25)11-17(26-2)14-7-4-3-5-8-14)16-13-24(22-19(16)20)15-9-6-10-21-12-15/h3-10,12-13,17H,11H2,1-2H3. The molecule has 0 N–H and O–H groups in total. The van der Waals surface area contributed by atoms with Gasteiger partial charge in [-0.15, -0.1) is 0 Å². The van der Waals surface area contributed by atoms with Gasteiger partial charge >= 0.3 is 0 Å². The summed E-state index contributed by atoms with van der Waals surface area (Å²) in [5.74, 6) is -0.0131. The van der Waals surface area contributed by atoms with E-state index in [1.54, 1.807) is 47.0 Å². The number of pyridine rings is 1. The lowest BCUT2D eigenvalue weighted by atomic mass is 10.1. The van der Waals surface area contributed by atoms with Gasteiger partial charge in [-0.3, -0.25) is 9.78 Å². The lowest BCUT2D eigenvalue weighted by molar-refractivity contribution is -0.118. The van der Waals surface area contributed by atoms with Gasteiger partial charge in [0.25, 0.3) is 0 Å². The minimum atomic E-state index is -0.0131. The molecule has 0 saturated heterocycles. The van der Waals surface area contributed by atoms with Gasteiger partial charge in [0.15, 0.2) is 5.15 Å². The molecule has 2 heterocycles. The molecule has 0 spiro atoms. The van der Waals surface area contributed by atoms with E-state index in [-0.39, 0.29) is 16.3 Å². The van der Waals surface area contributed by atoms with Crippen molar-refractivity contribution >= 4 is 35.0 Å². The van der Waals surface area contributed by atoms with Crippen LogP contribution in [0.5, 0.6) is 0 Å². The van der Waals surface area contributed by atoms with Gasteiger partial charge in [0.05, 0.1) is 18.1 Å². The molecule has 134 valence electrons. The molecule has 0 fully saturated rings. The summed E-state index contributed by atoms with van der Waals surface area (Å²) >= 11 is 7.93. The highest BCUT2D eigenvalue weighted by Gasteiger charge is 2.22. The predicted molar refractivity (Wildman–Crippen MR) is 107 cm³/mol. The third-order valence-electron chi connectivity index (χ3n) is 4.11. The first kappa shape index (κ1) is 18.5. The van der Waals surface area contributed by atoms with Crippen molar-refractivity contribution in [1.29, 1.82) is 0 Å². The molecule has 5 nitrogen and oxygen atoms in total. The van der Waals surface area contributed by atoms with E-state index in [2.05, 4.69) is 10.1 Å². The maximum absolute atomic E-state index is 12.8. The monoisotopic (exact) mass is 386 g/mol. The van der Waals surface area contributed by atoms with Crippen LogP contribution in [0.3, 0.4) is 0 Å². The Morgan fingerprint density at radius 1 is 1.27 bits per heavy atom. The molecule has 0 bridgehead atoms. The highest BCUT2D eigenvalue weighted by Crippen LogP contribution is 2.32. The minimum Gasteiger partial charge on any atom is -0.311 e. The quantitative estimate of drug-likeness (QED) is 0.630. The molecule has 0 aliphatic heterocycles. The zero-order chi connectivity index (χ0) is 18.5. The third kappa shape index (κ3) is 4.08. The molecule has 3 aromatic rings. The summed E-state index contributed by atoms with van der Waals surface area (Å²) in [5, 5.41) is 4.66. The van der Waals surface area contributed by atoms with E-state index >= 15 is 0 Å². The van der Waals surface area contributed by atoms with Crippen LogP contribution in [0.4, 0.5) is 5.69 Å². The number of benzene rings is 1. The highest BCUT2D eigenvalue weighted by molar-refractivity contribution is 7.98. The first-order valence-electron chi connectivity index (χ1n) is 8.10. The van der Waals surface area contributed by atoms with Gasteiger partial charge in [-0.1, -0.05) is 41.9 Å². The number of thioether (sulfide) groups is 1. The summed E-state index contributed by atoms with van der Waals surface area (Å²) in [5.41, 5.74) is 2.50. The van der Waals surface area contributed by atoms with E-state index in [0.717, 1.165) is 11.3 Å². The zero-order valence-corrected chi connectivity index (χ0v) is 16.1. The molecular formula is C19H19ClN4OS. The molecule has 0 aliphatic rings. The molecule has 1 atom stereocenters. The maximum atomic E-state index is 12.8. The van der Waals surface area contributed by atoms with Gasteiger partial charge in [0.1, 0.15) is 5.69 Å². The number of halogens is 1. The van der Waals surface area contributed by atoms with Crippen LogP contribution in [0, 0.1) is 0 Å². The summed E-state index contributed by atoms with van der Waals surface area (Å²) in [6, 6.07) is 13.7. The van der Waals surface area contributed by atoms with Crippen molar-refractivity contribution in [2.24, 2.45) is 0 Å². The van der Waals surface area contributed by atoms with Gasteiger partial charge in [-0.25, -0.2) is 4.68 Å². The Morgan fingerprint density at radius 2 is 2.04 bits per heavy atom. The molecule has 3 rings (SSSR count). The lowest BCUT2D eigenvalue weighted by Gasteiger charge is -2.20. The molecule has 1 aromatic carbocycles. The average Bonchev–Trinajstić information content (AvgIpc) is 3.08. The Morgan fingerprint density at radius 3 is 2.69 bits per heavy atom. The molecule has 2 aromatic heterocycles. The van der Waals surface area contributed by atoms with Crippen molar-refractivity contribution in [3.8, 4) is 5.69 Å². The second-order valence-corrected chi connectivity index (χ2v) is 7.15. The molecule has 0 saturated carbocycles. The minimum absolute atomic E-state index is 0.0131. The van der Waals surface area contributed by atoms with Gasteiger partial charge in [-0.2, -0.15) is 16.9 Å². The van der Waals surface area contributed by atoms with Gasteiger partial charge < -0.3 is 4.90 Å². The van der Waals surface area contributed by atoms with E-state index in [1.165, 1.54) is 0 Å². The smallest absolute Gasteiger partial charge is 0.228 e. The molecule has 0 aliphatic carbocycles. The van der Waals surface area contributed by atoms with E-state index in [4.69, 9.17) is 11.6 Å². The molecular weight excluding hydrogens is 368 g/mol. The van der Waals surface area contributed by atoms with Crippen LogP contribution >= 0.6 is 23.4 Å². The predicted octanol–water partition coefficient (Wildman–Crippen LogP) is 4.38. The average molecular weight is 387 g/mol. The second kappa shape index (κ2) is 8.38. The number of nitrogens with zero attached hydrogens (tertiary/aromatic N) is 4. The number of carbonyl (C=O) groups excluding carboxylic acids is 1. The Labute approximate surface area is 162 Å². The fourth-order valence-corrected chi connectivity index (χ4v) is 3.62. The van der Waals surface area contributed by atoms with Crippen LogP contribution in [0.15, 0.2) is 61.1 Å². The number of hydrogen-bond donors (Lipinski definition) is 0. The number of rotatable bonds is 6. The first-order valence-corrected chi connectivity index (χ1v) is 9.76. The number of hydrogen-bond acceptors (Lipinski definition) is 4. The fraction of sp³-hybridized carbons (Fsp3) is 0.211. The Balaban J connectivity index is 1.77. The lowest BCUT2D eigenvalue weighted by Crippen LogP contribution is -2.27. The van der Waals surface area contributed by atoms with Crippen LogP contribution in [-0.2, 0) is 4.79 Å². The van der Waals surface area contributed by atoms with Crippen molar-refractivity contribution in [2.45, 2.75) is 11.7 Å². The second-order valence-electron chi connectivity index (χ2n) is 5.75. The summed E-state index contributed by atoms with van der Waals surface area (Å²) in [7, 11) is 1.72. The normalized spacial score (nSPS) is 12.0. The van der Waals surface area contributed by atoms with E-state index in [0.29, 0.717) is 12.1 Å². The van der Waals surface area contributed by atoms with Crippen molar-refractivity contribution in [2.75, 3.05) is 18.2 Å². The zero-order valence-electron chi connectivity index (χ0n) is 14.5. The van der Waals surface area contributed by atoms with Crippen LogP contribution in [0.2, 0.25) is 5.15 Å². The van der Waals surface area contributed by atoms with E-state index < -0.39 is 0 Å².